The second-order valence-electron chi connectivity index (χ2n) is 7.89. The summed E-state index contributed by atoms with van der Waals surface area (Å²) in [6, 6.07) is 4.18. The number of imide groups is 1. The number of anilines is 2. The highest BCUT2D eigenvalue weighted by Gasteiger charge is 2.40. The third-order valence-electron chi connectivity index (χ3n) is 5.39. The zero-order chi connectivity index (χ0) is 27.9. The van der Waals surface area contributed by atoms with Crippen molar-refractivity contribution in [2.24, 2.45) is 0 Å². The fourth-order valence-electron chi connectivity index (χ4n) is 3.72. The molecule has 0 unspecified atom stereocenters. The molecule has 3 amide bonds. The molecule has 0 atom stereocenters. The number of nitrogens with one attached hydrogen (secondary N) is 1. The smallest absolute Gasteiger partial charge is 0.417 e. The number of benzene rings is 1. The van der Waals surface area contributed by atoms with Crippen molar-refractivity contribution in [3.05, 3.63) is 71.0 Å². The van der Waals surface area contributed by atoms with Gasteiger partial charge in [0, 0.05) is 24.5 Å². The van der Waals surface area contributed by atoms with E-state index in [1.165, 1.54) is 18.3 Å². The highest BCUT2D eigenvalue weighted by Crippen LogP contribution is 2.39. The number of alkyl halides is 5. The summed E-state index contributed by atoms with van der Waals surface area (Å²) in [5.41, 5.74) is -2.06. The average molecular weight is 548 g/mol. The molecule has 1 fully saturated rings. The molecule has 39 heavy (non-hydrogen) atoms. The third-order valence-corrected chi connectivity index (χ3v) is 5.39. The summed E-state index contributed by atoms with van der Waals surface area (Å²) in [6.45, 7) is -3.97. The molecule has 1 saturated heterocycles. The Bertz CT molecular complexity index is 1660. The Labute approximate surface area is 213 Å². The standard InChI is InChI=1S/C23H13F5N6O5/c24-21(25)39-16-6-12(1-2-14(16)38-15-3-4-30-20-19(15)32-17(35)9-31-20)34-18(36)10-33(22(34)37)13-5-11(7-29-8-13)23(26,27)28/h1-9,21H,10H2,(H,32,35). The van der Waals surface area contributed by atoms with Crippen molar-refractivity contribution in [1.29, 1.82) is 0 Å². The molecule has 0 spiro atoms. The molecule has 0 saturated carbocycles. The molecule has 16 heteroatoms. The van der Waals surface area contributed by atoms with E-state index in [9.17, 15) is 36.3 Å². The predicted molar refractivity (Wildman–Crippen MR) is 123 cm³/mol. The Balaban J connectivity index is 1.49. The summed E-state index contributed by atoms with van der Waals surface area (Å²) in [7, 11) is 0. The van der Waals surface area contributed by atoms with Crippen LogP contribution in [0.5, 0.6) is 17.2 Å². The van der Waals surface area contributed by atoms with E-state index in [2.05, 4.69) is 24.7 Å². The Morgan fingerprint density at radius 3 is 2.46 bits per heavy atom. The maximum atomic E-state index is 13.2. The van der Waals surface area contributed by atoms with E-state index in [1.807, 2.05) is 0 Å². The Hall–Kier alpha value is -5.15. The Morgan fingerprint density at radius 2 is 1.72 bits per heavy atom. The van der Waals surface area contributed by atoms with Crippen molar-refractivity contribution in [2.45, 2.75) is 12.8 Å². The summed E-state index contributed by atoms with van der Waals surface area (Å²) < 4.78 is 75.9. The number of H-pyrrole nitrogens is 1. The number of carbonyl (C=O) groups excluding carboxylic acids is 2. The van der Waals surface area contributed by atoms with Crippen LogP contribution >= 0.6 is 0 Å². The van der Waals surface area contributed by atoms with Gasteiger partial charge in [-0.15, -0.1) is 0 Å². The normalized spacial score (nSPS) is 14.0. The summed E-state index contributed by atoms with van der Waals surface area (Å²) >= 11 is 0. The lowest BCUT2D eigenvalue weighted by Crippen LogP contribution is -2.33. The summed E-state index contributed by atoms with van der Waals surface area (Å²) in [5, 5.41) is 0. The molecule has 1 aromatic carbocycles. The minimum Gasteiger partial charge on any atom is -0.451 e. The van der Waals surface area contributed by atoms with Gasteiger partial charge in [0.25, 0.3) is 11.5 Å². The molecule has 11 nitrogen and oxygen atoms in total. The van der Waals surface area contributed by atoms with Crippen LogP contribution < -0.4 is 24.8 Å². The molecule has 200 valence electrons. The van der Waals surface area contributed by atoms with Crippen LogP contribution in [-0.2, 0) is 11.0 Å². The van der Waals surface area contributed by atoms with Crippen LogP contribution in [-0.4, -0.2) is 45.0 Å². The van der Waals surface area contributed by atoms with Crippen LogP contribution in [0.25, 0.3) is 11.2 Å². The van der Waals surface area contributed by atoms with Gasteiger partial charge in [0.05, 0.1) is 29.3 Å². The maximum absolute atomic E-state index is 13.2. The van der Waals surface area contributed by atoms with E-state index >= 15 is 0 Å². The first-order valence-corrected chi connectivity index (χ1v) is 10.8. The fourth-order valence-corrected chi connectivity index (χ4v) is 3.72. The number of aromatic nitrogens is 4. The molecule has 1 N–H and O–H groups in total. The second kappa shape index (κ2) is 9.62. The van der Waals surface area contributed by atoms with Crippen molar-refractivity contribution in [3.8, 4) is 17.2 Å². The van der Waals surface area contributed by atoms with Gasteiger partial charge in [-0.3, -0.25) is 19.5 Å². The monoisotopic (exact) mass is 548 g/mol. The molecule has 0 aliphatic carbocycles. The molecular weight excluding hydrogens is 535 g/mol. The lowest BCUT2D eigenvalue weighted by atomic mass is 10.2. The van der Waals surface area contributed by atoms with Crippen LogP contribution in [0.15, 0.2) is 59.9 Å². The van der Waals surface area contributed by atoms with Crippen molar-refractivity contribution < 1.29 is 41.0 Å². The van der Waals surface area contributed by atoms with E-state index in [1.54, 1.807) is 0 Å². The molecule has 3 aromatic heterocycles. The van der Waals surface area contributed by atoms with Crippen LogP contribution in [0.3, 0.4) is 0 Å². The predicted octanol–water partition coefficient (Wildman–Crippen LogP) is 4.10. The number of ether oxygens (including phenoxy) is 2. The third kappa shape index (κ3) is 5.03. The SMILES string of the molecule is O=C1CN(c2cncc(C(F)(F)F)c2)C(=O)N1c1ccc(Oc2ccnc3ncc(=O)[nH]c23)c(OC(F)F)c1. The van der Waals surface area contributed by atoms with Gasteiger partial charge in [-0.25, -0.2) is 19.7 Å². The number of hydrogen-bond acceptors (Lipinski definition) is 8. The first-order valence-electron chi connectivity index (χ1n) is 10.8. The van der Waals surface area contributed by atoms with Crippen molar-refractivity contribution in [1.82, 2.24) is 19.9 Å². The van der Waals surface area contributed by atoms with Crippen LogP contribution in [0, 0.1) is 0 Å². The number of fused-ring (bicyclic) bond motifs is 1. The molecule has 4 aromatic rings. The highest BCUT2D eigenvalue weighted by atomic mass is 19.4. The Morgan fingerprint density at radius 1 is 0.923 bits per heavy atom. The topological polar surface area (TPSA) is 131 Å². The second-order valence-corrected chi connectivity index (χ2v) is 7.89. The molecule has 0 bridgehead atoms. The van der Waals surface area contributed by atoms with E-state index < -0.39 is 48.1 Å². The van der Waals surface area contributed by atoms with E-state index in [0.717, 1.165) is 29.4 Å². The minimum atomic E-state index is -4.74. The number of pyridine rings is 2. The number of aromatic amines is 1. The number of nitrogens with zero attached hydrogens (tertiary/aromatic N) is 5. The number of amides is 3. The van der Waals surface area contributed by atoms with E-state index in [-0.39, 0.29) is 34.0 Å². The van der Waals surface area contributed by atoms with Gasteiger partial charge in [-0.2, -0.15) is 22.0 Å². The van der Waals surface area contributed by atoms with Gasteiger partial charge in [0.2, 0.25) is 0 Å². The minimum absolute atomic E-state index is 0.0198. The number of carbonyl (C=O) groups is 2. The van der Waals surface area contributed by atoms with Crippen molar-refractivity contribution >= 4 is 34.5 Å². The van der Waals surface area contributed by atoms with E-state index in [4.69, 9.17) is 4.74 Å². The van der Waals surface area contributed by atoms with Gasteiger partial charge in [-0.1, -0.05) is 0 Å². The van der Waals surface area contributed by atoms with Crippen LogP contribution in [0.1, 0.15) is 5.56 Å². The molecule has 4 heterocycles. The number of hydrogen-bond donors (Lipinski definition) is 1. The van der Waals surface area contributed by atoms with E-state index in [0.29, 0.717) is 17.2 Å². The number of urea groups is 1. The molecule has 1 aliphatic heterocycles. The van der Waals surface area contributed by atoms with Crippen molar-refractivity contribution in [3.63, 3.8) is 0 Å². The average Bonchev–Trinajstić information content (AvgIpc) is 3.18. The van der Waals surface area contributed by atoms with Gasteiger partial charge < -0.3 is 14.5 Å². The number of halogens is 5. The fraction of sp³-hybridized carbons (Fsp3) is 0.130. The largest absolute Gasteiger partial charge is 0.451 e. The Kier molecular flexibility index (Phi) is 6.29. The zero-order valence-corrected chi connectivity index (χ0v) is 19.1. The molecule has 5 rings (SSSR count). The van der Waals surface area contributed by atoms with Crippen LogP contribution in [0.2, 0.25) is 0 Å². The molecule has 0 radical (unpaired) electrons. The first-order chi connectivity index (χ1) is 18.5. The van der Waals surface area contributed by atoms with Gasteiger partial charge in [-0.05, 0) is 18.2 Å². The lowest BCUT2D eigenvalue weighted by Gasteiger charge is -2.19. The maximum Gasteiger partial charge on any atom is 0.417 e. The first kappa shape index (κ1) is 25.5. The lowest BCUT2D eigenvalue weighted by molar-refractivity contribution is -0.137. The number of rotatable bonds is 6. The zero-order valence-electron chi connectivity index (χ0n) is 19.1. The van der Waals surface area contributed by atoms with Gasteiger partial charge in [0.1, 0.15) is 12.1 Å². The van der Waals surface area contributed by atoms with Crippen molar-refractivity contribution in [2.75, 3.05) is 16.3 Å². The summed E-state index contributed by atoms with van der Waals surface area (Å²) in [6.07, 6.45) is -0.916. The molecule has 1 aliphatic rings. The van der Waals surface area contributed by atoms with Gasteiger partial charge in [0.15, 0.2) is 22.9 Å². The van der Waals surface area contributed by atoms with Crippen LogP contribution in [0.4, 0.5) is 38.1 Å². The quantitative estimate of drug-likeness (QED) is 0.282. The summed E-state index contributed by atoms with van der Waals surface area (Å²) in [5.74, 6) is -1.74. The molecular formula is C23H13F5N6O5. The summed E-state index contributed by atoms with van der Waals surface area (Å²) in [4.78, 5) is 52.5. The van der Waals surface area contributed by atoms with Gasteiger partial charge >= 0.3 is 18.8 Å². The highest BCUT2D eigenvalue weighted by molar-refractivity contribution is 6.27.